The molecule has 1 aliphatic rings. The highest BCUT2D eigenvalue weighted by Crippen LogP contribution is 2.20. The van der Waals surface area contributed by atoms with E-state index in [1.807, 2.05) is 25.7 Å². The lowest BCUT2D eigenvalue weighted by molar-refractivity contribution is -0.123. The molecule has 2 heterocycles. The van der Waals surface area contributed by atoms with Crippen LogP contribution in [0.4, 0.5) is 6.01 Å². The summed E-state index contributed by atoms with van der Waals surface area (Å²) in [5.74, 6) is 0.533. The molecule has 2 N–H and O–H groups in total. The van der Waals surface area contributed by atoms with Crippen molar-refractivity contribution in [1.29, 1.82) is 0 Å². The average Bonchev–Trinajstić information content (AvgIpc) is 2.82. The topological polar surface area (TPSA) is 83.3 Å². The smallest absolute Gasteiger partial charge is 0.318 e. The quantitative estimate of drug-likeness (QED) is 0.790. The number of amides is 1. The molecule has 1 aliphatic heterocycles. The summed E-state index contributed by atoms with van der Waals surface area (Å²) in [5.41, 5.74) is 0. The summed E-state index contributed by atoms with van der Waals surface area (Å²) in [6.07, 6.45) is 0. The second-order valence-corrected chi connectivity index (χ2v) is 4.36. The molecule has 0 saturated carbocycles. The Bertz CT molecular complexity index is 419. The lowest BCUT2D eigenvalue weighted by Gasteiger charge is -2.30. The van der Waals surface area contributed by atoms with E-state index in [4.69, 9.17) is 4.42 Å². The van der Waals surface area contributed by atoms with E-state index in [-0.39, 0.29) is 18.0 Å². The fourth-order valence-electron chi connectivity index (χ4n) is 1.95. The van der Waals surface area contributed by atoms with E-state index in [2.05, 4.69) is 20.8 Å². The Balaban J connectivity index is 2.11. The predicted molar refractivity (Wildman–Crippen MR) is 66.2 cm³/mol. The van der Waals surface area contributed by atoms with E-state index < -0.39 is 0 Å². The third-order valence-corrected chi connectivity index (χ3v) is 3.06. The van der Waals surface area contributed by atoms with E-state index in [0.29, 0.717) is 25.0 Å². The minimum absolute atomic E-state index is 0.0132. The van der Waals surface area contributed by atoms with Crippen molar-refractivity contribution in [3.05, 3.63) is 5.89 Å². The molecule has 0 aromatic carbocycles. The first-order valence-electron chi connectivity index (χ1n) is 6.24. The highest BCUT2D eigenvalue weighted by atomic mass is 16.4. The lowest BCUT2D eigenvalue weighted by Crippen LogP contribution is -2.54. The molecule has 0 radical (unpaired) electrons. The largest absolute Gasteiger partial charge is 0.406 e. The van der Waals surface area contributed by atoms with Crippen molar-refractivity contribution in [2.45, 2.75) is 32.9 Å². The van der Waals surface area contributed by atoms with Gasteiger partial charge in [-0.2, -0.15) is 0 Å². The van der Waals surface area contributed by atoms with Gasteiger partial charge in [0.1, 0.15) is 6.04 Å². The second kappa shape index (κ2) is 5.34. The number of anilines is 1. The molecule has 0 bridgehead atoms. The van der Waals surface area contributed by atoms with Crippen molar-refractivity contribution >= 4 is 11.9 Å². The van der Waals surface area contributed by atoms with Crippen molar-refractivity contribution in [1.82, 2.24) is 20.8 Å². The van der Waals surface area contributed by atoms with Gasteiger partial charge in [0.25, 0.3) is 0 Å². The third-order valence-electron chi connectivity index (χ3n) is 3.06. The fraction of sp³-hybridized carbons (Fsp3) is 0.727. The van der Waals surface area contributed by atoms with Crippen molar-refractivity contribution < 1.29 is 9.21 Å². The van der Waals surface area contributed by atoms with E-state index in [9.17, 15) is 4.79 Å². The second-order valence-electron chi connectivity index (χ2n) is 4.36. The van der Waals surface area contributed by atoms with Crippen molar-refractivity contribution in [3.63, 3.8) is 0 Å². The van der Waals surface area contributed by atoms with E-state index in [1.165, 1.54) is 0 Å². The molecule has 18 heavy (non-hydrogen) atoms. The SMILES string of the molecule is CCNC(C)c1nnc(N2CCNC(=O)C2C)o1. The molecule has 1 fully saturated rings. The Hall–Kier alpha value is -1.63. The summed E-state index contributed by atoms with van der Waals surface area (Å²) in [7, 11) is 0. The van der Waals surface area contributed by atoms with Crippen LogP contribution < -0.4 is 15.5 Å². The molecule has 1 aromatic rings. The van der Waals surface area contributed by atoms with Gasteiger partial charge in [-0.25, -0.2) is 0 Å². The molecule has 0 aliphatic carbocycles. The maximum atomic E-state index is 11.6. The van der Waals surface area contributed by atoms with E-state index in [0.717, 1.165) is 6.54 Å². The summed E-state index contributed by atoms with van der Waals surface area (Å²) in [4.78, 5) is 13.4. The van der Waals surface area contributed by atoms with Gasteiger partial charge in [0.2, 0.25) is 11.8 Å². The summed E-state index contributed by atoms with van der Waals surface area (Å²) in [6, 6.07) is 0.156. The Labute approximate surface area is 106 Å². The van der Waals surface area contributed by atoms with Gasteiger partial charge in [-0.1, -0.05) is 12.0 Å². The average molecular weight is 253 g/mol. The Morgan fingerprint density at radius 2 is 2.39 bits per heavy atom. The van der Waals surface area contributed by atoms with Gasteiger partial charge in [-0.15, -0.1) is 5.10 Å². The molecule has 1 aromatic heterocycles. The summed E-state index contributed by atoms with van der Waals surface area (Å²) in [6.45, 7) is 7.93. The van der Waals surface area contributed by atoms with Crippen LogP contribution in [-0.4, -0.2) is 41.8 Å². The van der Waals surface area contributed by atoms with Crippen LogP contribution in [-0.2, 0) is 4.79 Å². The number of piperazine rings is 1. The normalized spacial score (nSPS) is 21.8. The summed E-state index contributed by atoms with van der Waals surface area (Å²) < 4.78 is 5.62. The number of aromatic nitrogens is 2. The van der Waals surface area contributed by atoms with Crippen LogP contribution in [0.25, 0.3) is 0 Å². The molecule has 100 valence electrons. The van der Waals surface area contributed by atoms with Gasteiger partial charge >= 0.3 is 6.01 Å². The summed E-state index contributed by atoms with van der Waals surface area (Å²) >= 11 is 0. The molecule has 2 unspecified atom stereocenters. The van der Waals surface area contributed by atoms with Crippen molar-refractivity contribution in [2.24, 2.45) is 0 Å². The first kappa shape index (κ1) is 12.8. The number of hydrogen-bond donors (Lipinski definition) is 2. The maximum Gasteiger partial charge on any atom is 0.318 e. The standard InChI is InChI=1S/C11H19N5O2/c1-4-12-7(2)10-14-15-11(18-10)16-6-5-13-9(17)8(16)3/h7-8,12H,4-6H2,1-3H3,(H,13,17). The molecule has 2 atom stereocenters. The number of carbonyl (C=O) groups excluding carboxylic acids is 1. The third kappa shape index (κ3) is 2.45. The molecule has 7 nitrogen and oxygen atoms in total. The van der Waals surface area contributed by atoms with Gasteiger partial charge in [-0.3, -0.25) is 4.79 Å². The van der Waals surface area contributed by atoms with E-state index in [1.54, 1.807) is 0 Å². The zero-order chi connectivity index (χ0) is 13.1. The lowest BCUT2D eigenvalue weighted by atomic mass is 10.2. The number of nitrogens with zero attached hydrogens (tertiary/aromatic N) is 3. The minimum Gasteiger partial charge on any atom is -0.406 e. The van der Waals surface area contributed by atoms with Crippen LogP contribution in [0.2, 0.25) is 0 Å². The Morgan fingerprint density at radius 3 is 3.11 bits per heavy atom. The van der Waals surface area contributed by atoms with Crippen LogP contribution in [0.5, 0.6) is 0 Å². The molecule has 7 heteroatoms. The van der Waals surface area contributed by atoms with Crippen LogP contribution in [0.1, 0.15) is 32.7 Å². The maximum absolute atomic E-state index is 11.6. The van der Waals surface area contributed by atoms with Gasteiger partial charge < -0.3 is 20.0 Å². The Morgan fingerprint density at radius 1 is 1.61 bits per heavy atom. The highest BCUT2D eigenvalue weighted by Gasteiger charge is 2.29. The van der Waals surface area contributed by atoms with Crippen molar-refractivity contribution in [2.75, 3.05) is 24.5 Å². The molecule has 1 amide bonds. The van der Waals surface area contributed by atoms with Crippen LogP contribution in [0.3, 0.4) is 0 Å². The van der Waals surface area contributed by atoms with Gasteiger partial charge in [-0.05, 0) is 20.4 Å². The zero-order valence-corrected chi connectivity index (χ0v) is 10.9. The number of carbonyl (C=O) groups is 1. The monoisotopic (exact) mass is 253 g/mol. The van der Waals surface area contributed by atoms with Crippen LogP contribution in [0, 0.1) is 0 Å². The minimum atomic E-state index is -0.276. The number of hydrogen-bond acceptors (Lipinski definition) is 6. The Kier molecular flexibility index (Phi) is 3.81. The molecule has 0 spiro atoms. The van der Waals surface area contributed by atoms with Gasteiger partial charge in [0.15, 0.2) is 0 Å². The number of rotatable bonds is 4. The molecule has 1 saturated heterocycles. The van der Waals surface area contributed by atoms with Gasteiger partial charge in [0.05, 0.1) is 6.04 Å². The first-order chi connectivity index (χ1) is 8.63. The fourth-order valence-corrected chi connectivity index (χ4v) is 1.95. The van der Waals surface area contributed by atoms with E-state index >= 15 is 0 Å². The zero-order valence-electron chi connectivity index (χ0n) is 10.9. The highest BCUT2D eigenvalue weighted by molar-refractivity contribution is 5.85. The first-order valence-corrected chi connectivity index (χ1v) is 6.24. The summed E-state index contributed by atoms with van der Waals surface area (Å²) in [5, 5.41) is 14.0. The van der Waals surface area contributed by atoms with Gasteiger partial charge in [0, 0.05) is 13.1 Å². The molecular formula is C11H19N5O2. The molecular weight excluding hydrogens is 234 g/mol. The van der Waals surface area contributed by atoms with Crippen LogP contribution in [0.15, 0.2) is 4.42 Å². The predicted octanol–water partition coefficient (Wildman–Crippen LogP) is 0.0648. The number of nitrogens with one attached hydrogen (secondary N) is 2. The van der Waals surface area contributed by atoms with Crippen LogP contribution >= 0.6 is 0 Å². The molecule has 2 rings (SSSR count). The van der Waals surface area contributed by atoms with Crippen molar-refractivity contribution in [3.8, 4) is 0 Å².